The molecule has 0 aliphatic heterocycles. The van der Waals surface area contributed by atoms with Crippen LogP contribution in [-0.2, 0) is 4.79 Å². The molecule has 0 bridgehead atoms. The normalized spacial score (nSPS) is 16.0. The van der Waals surface area contributed by atoms with E-state index in [1.165, 1.54) is 35.6 Å². The number of rotatable bonds is 6. The number of thioether (sulfide) groups is 1. The standard InChI is InChI=1S/C17H21F2N5OS/c1-11(12-7-8-14(18)15(19)9-12)23(2)16(25)10-26-17-20-21-22-24(17)13-5-3-4-6-13/h7-9,11,13H,3-6,10H2,1-2H3. The minimum absolute atomic E-state index is 0.131. The maximum Gasteiger partial charge on any atom is 0.233 e. The molecule has 1 aliphatic carbocycles. The van der Waals surface area contributed by atoms with Crippen molar-refractivity contribution in [3.63, 3.8) is 0 Å². The van der Waals surface area contributed by atoms with Crippen LogP contribution in [-0.4, -0.2) is 43.8 Å². The first kappa shape index (κ1) is 18.8. The Balaban J connectivity index is 1.61. The van der Waals surface area contributed by atoms with Gasteiger partial charge < -0.3 is 4.90 Å². The molecule has 1 atom stereocenters. The van der Waals surface area contributed by atoms with Crippen LogP contribution in [0.2, 0.25) is 0 Å². The first-order valence-corrected chi connectivity index (χ1v) is 9.57. The zero-order valence-corrected chi connectivity index (χ0v) is 15.5. The Morgan fingerprint density at radius 1 is 1.35 bits per heavy atom. The van der Waals surface area contributed by atoms with Gasteiger partial charge in [-0.25, -0.2) is 13.5 Å². The highest BCUT2D eigenvalue weighted by Gasteiger charge is 2.23. The topological polar surface area (TPSA) is 63.9 Å². The molecule has 0 radical (unpaired) electrons. The Kier molecular flexibility index (Phi) is 5.85. The Hall–Kier alpha value is -2.03. The minimum atomic E-state index is -0.916. The summed E-state index contributed by atoms with van der Waals surface area (Å²) in [5.74, 6) is -1.77. The number of carbonyl (C=O) groups is 1. The zero-order valence-electron chi connectivity index (χ0n) is 14.7. The largest absolute Gasteiger partial charge is 0.338 e. The number of aromatic nitrogens is 4. The van der Waals surface area contributed by atoms with Crippen molar-refractivity contribution in [2.45, 2.75) is 49.8 Å². The molecule has 0 spiro atoms. The Labute approximate surface area is 154 Å². The maximum absolute atomic E-state index is 13.4. The molecule has 2 aromatic rings. The second-order valence-electron chi connectivity index (χ2n) is 6.49. The Morgan fingerprint density at radius 3 is 2.77 bits per heavy atom. The molecule has 9 heteroatoms. The molecule has 1 aromatic carbocycles. The van der Waals surface area contributed by atoms with E-state index in [9.17, 15) is 13.6 Å². The predicted molar refractivity (Wildman–Crippen MR) is 93.6 cm³/mol. The number of benzene rings is 1. The van der Waals surface area contributed by atoms with Gasteiger partial charge in [-0.2, -0.15) is 0 Å². The van der Waals surface area contributed by atoms with E-state index in [1.54, 1.807) is 14.0 Å². The summed E-state index contributed by atoms with van der Waals surface area (Å²) in [6.45, 7) is 1.78. The minimum Gasteiger partial charge on any atom is -0.338 e. The van der Waals surface area contributed by atoms with Gasteiger partial charge in [0.1, 0.15) is 0 Å². The van der Waals surface area contributed by atoms with Crippen LogP contribution in [0.3, 0.4) is 0 Å². The van der Waals surface area contributed by atoms with E-state index in [2.05, 4.69) is 15.5 Å². The van der Waals surface area contributed by atoms with Crippen LogP contribution in [0.15, 0.2) is 23.4 Å². The molecule has 140 valence electrons. The van der Waals surface area contributed by atoms with Gasteiger partial charge in [0.2, 0.25) is 11.1 Å². The van der Waals surface area contributed by atoms with Crippen LogP contribution in [0.1, 0.15) is 50.3 Å². The third kappa shape index (κ3) is 4.03. The van der Waals surface area contributed by atoms with Gasteiger partial charge in [-0.05, 0) is 47.9 Å². The van der Waals surface area contributed by atoms with Gasteiger partial charge in [0.25, 0.3) is 0 Å². The summed E-state index contributed by atoms with van der Waals surface area (Å²) in [7, 11) is 1.65. The predicted octanol–water partition coefficient (Wildman–Crippen LogP) is 3.38. The number of hydrogen-bond acceptors (Lipinski definition) is 5. The van der Waals surface area contributed by atoms with Gasteiger partial charge in [-0.1, -0.05) is 30.7 Å². The van der Waals surface area contributed by atoms with Crippen LogP contribution in [0, 0.1) is 11.6 Å². The molecule has 3 rings (SSSR count). The average molecular weight is 381 g/mol. The van der Waals surface area contributed by atoms with E-state index < -0.39 is 11.6 Å². The highest BCUT2D eigenvalue weighted by atomic mass is 32.2. The fraction of sp³-hybridized carbons (Fsp3) is 0.529. The van der Waals surface area contributed by atoms with Gasteiger partial charge in [-0.3, -0.25) is 4.79 Å². The third-order valence-electron chi connectivity index (χ3n) is 4.86. The fourth-order valence-electron chi connectivity index (χ4n) is 3.10. The van der Waals surface area contributed by atoms with Crippen LogP contribution >= 0.6 is 11.8 Å². The molecule has 1 heterocycles. The molecule has 1 aromatic heterocycles. The van der Waals surface area contributed by atoms with Crippen molar-refractivity contribution in [2.24, 2.45) is 0 Å². The van der Waals surface area contributed by atoms with Crippen molar-refractivity contribution in [3.05, 3.63) is 35.4 Å². The smallest absolute Gasteiger partial charge is 0.233 e. The van der Waals surface area contributed by atoms with Crippen LogP contribution in [0.25, 0.3) is 0 Å². The van der Waals surface area contributed by atoms with E-state index in [1.807, 2.05) is 4.68 Å². The van der Waals surface area contributed by atoms with E-state index in [4.69, 9.17) is 0 Å². The summed E-state index contributed by atoms with van der Waals surface area (Å²) < 4.78 is 28.3. The Morgan fingerprint density at radius 2 is 2.08 bits per heavy atom. The van der Waals surface area contributed by atoms with E-state index in [0.29, 0.717) is 16.8 Å². The first-order chi connectivity index (χ1) is 12.5. The number of amides is 1. The van der Waals surface area contributed by atoms with E-state index >= 15 is 0 Å². The van der Waals surface area contributed by atoms with Gasteiger partial charge in [0, 0.05) is 7.05 Å². The summed E-state index contributed by atoms with van der Waals surface area (Å²) in [6.07, 6.45) is 4.45. The van der Waals surface area contributed by atoms with Crippen LogP contribution in [0.5, 0.6) is 0 Å². The van der Waals surface area contributed by atoms with Crippen LogP contribution in [0.4, 0.5) is 8.78 Å². The molecular formula is C17H21F2N5OS. The number of halogens is 2. The van der Waals surface area contributed by atoms with Gasteiger partial charge in [-0.15, -0.1) is 5.10 Å². The lowest BCUT2D eigenvalue weighted by atomic mass is 10.1. The first-order valence-electron chi connectivity index (χ1n) is 8.58. The molecule has 6 nitrogen and oxygen atoms in total. The van der Waals surface area contributed by atoms with E-state index in [0.717, 1.165) is 25.0 Å². The highest BCUT2D eigenvalue weighted by molar-refractivity contribution is 7.99. The zero-order chi connectivity index (χ0) is 18.7. The molecule has 1 amide bonds. The van der Waals surface area contributed by atoms with Crippen molar-refractivity contribution in [3.8, 4) is 0 Å². The SMILES string of the molecule is CC(c1ccc(F)c(F)c1)N(C)C(=O)CSc1nnnn1C1CCCC1. The number of hydrogen-bond donors (Lipinski definition) is 0. The second kappa shape index (κ2) is 8.11. The Bertz CT molecular complexity index is 778. The lowest BCUT2D eigenvalue weighted by Gasteiger charge is -2.25. The van der Waals surface area contributed by atoms with Crippen molar-refractivity contribution >= 4 is 17.7 Å². The molecule has 1 unspecified atom stereocenters. The maximum atomic E-state index is 13.4. The third-order valence-corrected chi connectivity index (χ3v) is 5.78. The lowest BCUT2D eigenvalue weighted by Crippen LogP contribution is -2.31. The van der Waals surface area contributed by atoms with Crippen molar-refractivity contribution < 1.29 is 13.6 Å². The second-order valence-corrected chi connectivity index (χ2v) is 7.43. The number of tetrazole rings is 1. The lowest BCUT2D eigenvalue weighted by molar-refractivity contribution is -0.128. The van der Waals surface area contributed by atoms with Crippen molar-refractivity contribution in [1.29, 1.82) is 0 Å². The molecule has 0 N–H and O–H groups in total. The summed E-state index contributed by atoms with van der Waals surface area (Å²) in [6, 6.07) is 3.62. The molecule has 1 saturated carbocycles. The quantitative estimate of drug-likeness (QED) is 0.718. The number of carbonyl (C=O) groups excluding carboxylic acids is 1. The van der Waals surface area contributed by atoms with Crippen LogP contribution < -0.4 is 0 Å². The molecular weight excluding hydrogens is 360 g/mol. The summed E-state index contributed by atoms with van der Waals surface area (Å²) in [5.41, 5.74) is 0.542. The van der Waals surface area contributed by atoms with Gasteiger partial charge in [0.15, 0.2) is 11.6 Å². The highest BCUT2D eigenvalue weighted by Crippen LogP contribution is 2.31. The summed E-state index contributed by atoms with van der Waals surface area (Å²) >= 11 is 1.30. The van der Waals surface area contributed by atoms with Crippen molar-refractivity contribution in [1.82, 2.24) is 25.1 Å². The fourth-order valence-corrected chi connectivity index (χ4v) is 3.97. The summed E-state index contributed by atoms with van der Waals surface area (Å²) in [5, 5.41) is 12.4. The molecule has 1 fully saturated rings. The molecule has 0 saturated heterocycles. The van der Waals surface area contributed by atoms with Gasteiger partial charge in [0.05, 0.1) is 17.8 Å². The van der Waals surface area contributed by atoms with Gasteiger partial charge >= 0.3 is 0 Å². The average Bonchev–Trinajstić information content (AvgIpc) is 3.31. The molecule has 1 aliphatic rings. The van der Waals surface area contributed by atoms with Crippen molar-refractivity contribution in [2.75, 3.05) is 12.8 Å². The van der Waals surface area contributed by atoms with E-state index in [-0.39, 0.29) is 17.7 Å². The number of nitrogens with zero attached hydrogens (tertiary/aromatic N) is 5. The molecule has 26 heavy (non-hydrogen) atoms. The monoisotopic (exact) mass is 381 g/mol. The summed E-state index contributed by atoms with van der Waals surface area (Å²) in [4.78, 5) is 14.0.